The Labute approximate surface area is 161 Å². The molecule has 0 fully saturated rings. The van der Waals surface area contributed by atoms with Crippen LogP contribution < -0.4 is 10.6 Å². The van der Waals surface area contributed by atoms with E-state index in [-0.39, 0.29) is 12.5 Å². The predicted molar refractivity (Wildman–Crippen MR) is 102 cm³/mol. The van der Waals surface area contributed by atoms with E-state index in [1.54, 1.807) is 66.6 Å². The largest absolute Gasteiger partial charge is 0.350 e. The zero-order valence-electron chi connectivity index (χ0n) is 14.6. The van der Waals surface area contributed by atoms with Crippen molar-refractivity contribution in [1.29, 1.82) is 0 Å². The van der Waals surface area contributed by atoms with Crippen molar-refractivity contribution in [3.63, 3.8) is 0 Å². The Morgan fingerprint density at radius 3 is 2.70 bits per heavy atom. The van der Waals surface area contributed by atoms with Crippen LogP contribution in [0.1, 0.15) is 22.8 Å². The summed E-state index contributed by atoms with van der Waals surface area (Å²) in [7, 11) is 0. The standard InChI is InChI=1S/C19H18ClN5O2/c1-13(24-19(27)15-7-2-3-8-16(15)20)18(26)22-12-14-6-4-9-21-17(14)25-11-5-10-23-25/h2-11,13H,12H2,1H3,(H,22,26)(H,24,27). The van der Waals surface area contributed by atoms with Gasteiger partial charge in [-0.15, -0.1) is 0 Å². The summed E-state index contributed by atoms with van der Waals surface area (Å²) in [4.78, 5) is 28.9. The zero-order valence-corrected chi connectivity index (χ0v) is 15.3. The number of pyridine rings is 1. The molecular formula is C19H18ClN5O2. The van der Waals surface area contributed by atoms with E-state index in [9.17, 15) is 9.59 Å². The van der Waals surface area contributed by atoms with Crippen molar-refractivity contribution < 1.29 is 9.59 Å². The lowest BCUT2D eigenvalue weighted by molar-refractivity contribution is -0.122. The lowest BCUT2D eigenvalue weighted by Crippen LogP contribution is -2.44. The highest BCUT2D eigenvalue weighted by atomic mass is 35.5. The Hall–Kier alpha value is -3.19. The van der Waals surface area contributed by atoms with Gasteiger partial charge in [-0.05, 0) is 31.2 Å². The van der Waals surface area contributed by atoms with Crippen molar-refractivity contribution in [2.45, 2.75) is 19.5 Å². The van der Waals surface area contributed by atoms with E-state index in [1.165, 1.54) is 0 Å². The molecule has 0 bridgehead atoms. The molecule has 1 unspecified atom stereocenters. The third-order valence-electron chi connectivity index (χ3n) is 3.90. The third kappa shape index (κ3) is 4.51. The predicted octanol–water partition coefficient (Wildman–Crippen LogP) is 2.36. The fourth-order valence-electron chi connectivity index (χ4n) is 2.49. The summed E-state index contributed by atoms with van der Waals surface area (Å²) < 4.78 is 1.63. The summed E-state index contributed by atoms with van der Waals surface area (Å²) in [5.74, 6) is -0.0805. The maximum Gasteiger partial charge on any atom is 0.253 e. The topological polar surface area (TPSA) is 88.9 Å². The number of benzene rings is 1. The Kier molecular flexibility index (Phi) is 5.83. The number of nitrogens with zero attached hydrogens (tertiary/aromatic N) is 3. The molecule has 0 spiro atoms. The second kappa shape index (κ2) is 8.46. The molecule has 8 heteroatoms. The van der Waals surface area contributed by atoms with Crippen LogP contribution in [-0.4, -0.2) is 32.6 Å². The molecular weight excluding hydrogens is 366 g/mol. The second-order valence-electron chi connectivity index (χ2n) is 5.83. The Balaban J connectivity index is 1.61. The van der Waals surface area contributed by atoms with E-state index < -0.39 is 11.9 Å². The highest BCUT2D eigenvalue weighted by Crippen LogP contribution is 2.14. The second-order valence-corrected chi connectivity index (χ2v) is 6.24. The van der Waals surface area contributed by atoms with Crippen molar-refractivity contribution in [2.75, 3.05) is 0 Å². The van der Waals surface area contributed by atoms with Crippen molar-refractivity contribution in [3.05, 3.63) is 77.2 Å². The molecule has 3 aromatic rings. The first kappa shape index (κ1) is 18.6. The molecule has 0 aliphatic rings. The molecule has 2 heterocycles. The van der Waals surface area contributed by atoms with E-state index in [1.807, 2.05) is 6.07 Å². The molecule has 27 heavy (non-hydrogen) atoms. The number of rotatable bonds is 6. The molecule has 0 saturated heterocycles. The number of hydrogen-bond donors (Lipinski definition) is 2. The van der Waals surface area contributed by atoms with Crippen LogP contribution in [0, 0.1) is 0 Å². The summed E-state index contributed by atoms with van der Waals surface area (Å²) >= 11 is 6.01. The van der Waals surface area contributed by atoms with Crippen LogP contribution in [0.2, 0.25) is 5.02 Å². The van der Waals surface area contributed by atoms with Crippen LogP contribution in [0.25, 0.3) is 5.82 Å². The summed E-state index contributed by atoms with van der Waals surface area (Å²) in [6.07, 6.45) is 5.10. The van der Waals surface area contributed by atoms with Crippen molar-refractivity contribution in [3.8, 4) is 5.82 Å². The number of aromatic nitrogens is 3. The summed E-state index contributed by atoms with van der Waals surface area (Å²) in [6.45, 7) is 1.87. The van der Waals surface area contributed by atoms with E-state index >= 15 is 0 Å². The van der Waals surface area contributed by atoms with Gasteiger partial charge >= 0.3 is 0 Å². The molecule has 7 nitrogen and oxygen atoms in total. The van der Waals surface area contributed by atoms with Gasteiger partial charge in [-0.1, -0.05) is 29.8 Å². The van der Waals surface area contributed by atoms with E-state index in [2.05, 4.69) is 20.7 Å². The minimum absolute atomic E-state index is 0.258. The number of amides is 2. The van der Waals surface area contributed by atoms with Crippen LogP contribution in [0.5, 0.6) is 0 Å². The molecule has 0 aliphatic carbocycles. The average Bonchev–Trinajstić information content (AvgIpc) is 3.21. The van der Waals surface area contributed by atoms with Gasteiger partial charge in [0.15, 0.2) is 5.82 Å². The van der Waals surface area contributed by atoms with Gasteiger partial charge in [0.05, 0.1) is 10.6 Å². The highest BCUT2D eigenvalue weighted by molar-refractivity contribution is 6.33. The van der Waals surface area contributed by atoms with Crippen molar-refractivity contribution in [2.24, 2.45) is 0 Å². The number of halogens is 1. The van der Waals surface area contributed by atoms with Gasteiger partial charge in [-0.2, -0.15) is 5.10 Å². The van der Waals surface area contributed by atoms with Gasteiger partial charge in [-0.3, -0.25) is 9.59 Å². The molecule has 3 rings (SSSR count). The van der Waals surface area contributed by atoms with Crippen LogP contribution in [-0.2, 0) is 11.3 Å². The van der Waals surface area contributed by atoms with Gasteiger partial charge in [-0.25, -0.2) is 9.67 Å². The molecule has 2 N–H and O–H groups in total. The van der Waals surface area contributed by atoms with E-state index in [0.717, 1.165) is 5.56 Å². The van der Waals surface area contributed by atoms with Crippen LogP contribution in [0.4, 0.5) is 0 Å². The molecule has 138 valence electrons. The lowest BCUT2D eigenvalue weighted by Gasteiger charge is -2.15. The highest BCUT2D eigenvalue weighted by Gasteiger charge is 2.18. The number of carbonyl (C=O) groups is 2. The number of hydrogen-bond acceptors (Lipinski definition) is 4. The molecule has 0 radical (unpaired) electrons. The summed E-state index contributed by atoms with van der Waals surface area (Å²) in [5.41, 5.74) is 1.13. The fourth-order valence-corrected chi connectivity index (χ4v) is 2.71. The third-order valence-corrected chi connectivity index (χ3v) is 4.23. The SMILES string of the molecule is CC(NC(=O)c1ccccc1Cl)C(=O)NCc1cccnc1-n1cccn1. The lowest BCUT2D eigenvalue weighted by atomic mass is 10.2. The summed E-state index contributed by atoms with van der Waals surface area (Å²) in [5, 5.41) is 9.95. The molecule has 1 atom stereocenters. The molecule has 2 amide bonds. The van der Waals surface area contributed by atoms with Gasteiger partial charge in [0.2, 0.25) is 5.91 Å². The Morgan fingerprint density at radius 2 is 1.96 bits per heavy atom. The van der Waals surface area contributed by atoms with Crippen LogP contribution in [0.3, 0.4) is 0 Å². The first-order valence-corrected chi connectivity index (χ1v) is 8.71. The minimum atomic E-state index is -0.724. The number of carbonyl (C=O) groups excluding carboxylic acids is 2. The molecule has 0 saturated carbocycles. The van der Waals surface area contributed by atoms with E-state index in [0.29, 0.717) is 16.4 Å². The summed E-state index contributed by atoms with van der Waals surface area (Å²) in [6, 6.07) is 11.4. The molecule has 0 aliphatic heterocycles. The Bertz CT molecular complexity index is 943. The average molecular weight is 384 g/mol. The maximum absolute atomic E-state index is 12.4. The number of nitrogens with one attached hydrogen (secondary N) is 2. The Morgan fingerprint density at radius 1 is 1.15 bits per heavy atom. The molecule has 1 aromatic carbocycles. The van der Waals surface area contributed by atoms with Gasteiger partial charge in [0, 0.05) is 30.7 Å². The van der Waals surface area contributed by atoms with Crippen molar-refractivity contribution in [1.82, 2.24) is 25.4 Å². The van der Waals surface area contributed by atoms with Gasteiger partial charge < -0.3 is 10.6 Å². The van der Waals surface area contributed by atoms with Crippen molar-refractivity contribution >= 4 is 23.4 Å². The zero-order chi connectivity index (χ0) is 19.2. The van der Waals surface area contributed by atoms with Gasteiger partial charge in [0.1, 0.15) is 6.04 Å². The fraction of sp³-hybridized carbons (Fsp3) is 0.158. The van der Waals surface area contributed by atoms with Gasteiger partial charge in [0.25, 0.3) is 5.91 Å². The first-order valence-electron chi connectivity index (χ1n) is 8.33. The maximum atomic E-state index is 12.4. The molecule has 2 aromatic heterocycles. The smallest absolute Gasteiger partial charge is 0.253 e. The monoisotopic (exact) mass is 383 g/mol. The van der Waals surface area contributed by atoms with E-state index in [4.69, 9.17) is 11.6 Å². The normalized spacial score (nSPS) is 11.6. The first-order chi connectivity index (χ1) is 13.1. The van der Waals surface area contributed by atoms with Crippen LogP contribution in [0.15, 0.2) is 61.1 Å². The minimum Gasteiger partial charge on any atom is -0.350 e. The quantitative estimate of drug-likeness (QED) is 0.683. The van der Waals surface area contributed by atoms with Crippen LogP contribution >= 0.6 is 11.6 Å².